The van der Waals surface area contributed by atoms with Crippen LogP contribution in [-0.2, 0) is 18.0 Å². The Morgan fingerprint density at radius 1 is 1.38 bits per heavy atom. The quantitative estimate of drug-likeness (QED) is 0.745. The lowest BCUT2D eigenvalue weighted by Gasteiger charge is -2.24. The first-order valence-corrected chi connectivity index (χ1v) is 5.74. The first kappa shape index (κ1) is 9.99. The molecule has 16 heavy (non-hydrogen) atoms. The maximum atomic E-state index is 11.2. The summed E-state index contributed by atoms with van der Waals surface area (Å²) in [5.74, 6) is 0. The molecule has 5 nitrogen and oxygen atoms in total. The van der Waals surface area contributed by atoms with E-state index < -0.39 is 0 Å². The predicted octanol–water partition coefficient (Wildman–Crippen LogP) is 0.650. The second kappa shape index (κ2) is 3.99. The van der Waals surface area contributed by atoms with Gasteiger partial charge in [0.15, 0.2) is 6.29 Å². The van der Waals surface area contributed by atoms with E-state index >= 15 is 0 Å². The van der Waals surface area contributed by atoms with Crippen LogP contribution in [0.15, 0.2) is 0 Å². The zero-order valence-electron chi connectivity index (χ0n) is 9.11. The number of carbonyl (C=O) groups is 1. The molecule has 0 spiro atoms. The fourth-order valence-corrected chi connectivity index (χ4v) is 2.51. The van der Waals surface area contributed by atoms with E-state index in [1.54, 1.807) is 0 Å². The van der Waals surface area contributed by atoms with Crippen LogP contribution in [0.3, 0.4) is 0 Å². The first-order chi connectivity index (χ1) is 7.90. The summed E-state index contributed by atoms with van der Waals surface area (Å²) in [6, 6.07) is 0.368. The van der Waals surface area contributed by atoms with Crippen molar-refractivity contribution in [2.45, 2.75) is 32.1 Å². The smallest absolute Gasteiger partial charge is 0.168 e. The molecule has 1 aromatic rings. The fourth-order valence-electron chi connectivity index (χ4n) is 2.51. The third-order valence-electron chi connectivity index (χ3n) is 3.38. The minimum Gasteiger partial charge on any atom is -0.370 e. The van der Waals surface area contributed by atoms with Crippen molar-refractivity contribution in [1.82, 2.24) is 15.1 Å². The second-order valence-corrected chi connectivity index (χ2v) is 4.35. The molecule has 5 heteroatoms. The van der Waals surface area contributed by atoms with Crippen molar-refractivity contribution in [2.24, 2.45) is 0 Å². The van der Waals surface area contributed by atoms with Gasteiger partial charge >= 0.3 is 0 Å². The molecule has 0 amide bonds. The van der Waals surface area contributed by atoms with Gasteiger partial charge in [-0.1, -0.05) is 0 Å². The zero-order chi connectivity index (χ0) is 11.0. The van der Waals surface area contributed by atoms with Crippen molar-refractivity contribution < 1.29 is 9.53 Å². The van der Waals surface area contributed by atoms with Crippen molar-refractivity contribution in [3.63, 3.8) is 0 Å². The van der Waals surface area contributed by atoms with Crippen LogP contribution in [-0.4, -0.2) is 29.2 Å². The molecule has 3 heterocycles. The molecule has 0 atom stereocenters. The highest BCUT2D eigenvalue weighted by Crippen LogP contribution is 2.27. The molecule has 0 aromatic carbocycles. The number of ether oxygens (including phenoxy) is 1. The second-order valence-electron chi connectivity index (χ2n) is 4.35. The molecule has 2 aliphatic rings. The molecular formula is C11H15N3O2. The summed E-state index contributed by atoms with van der Waals surface area (Å²) in [5.41, 5.74) is 2.66. The number of fused-ring (bicyclic) bond motifs is 1. The van der Waals surface area contributed by atoms with Crippen LogP contribution in [0.2, 0.25) is 0 Å². The van der Waals surface area contributed by atoms with Crippen molar-refractivity contribution in [2.75, 3.05) is 13.1 Å². The Labute approximate surface area is 93.8 Å². The minimum absolute atomic E-state index is 0.368. The lowest BCUT2D eigenvalue weighted by molar-refractivity contribution is 0.109. The largest absolute Gasteiger partial charge is 0.370 e. The Kier molecular flexibility index (Phi) is 2.49. The van der Waals surface area contributed by atoms with Crippen LogP contribution in [0.4, 0.5) is 0 Å². The molecule has 86 valence electrons. The van der Waals surface area contributed by atoms with E-state index in [0.29, 0.717) is 19.3 Å². The number of hydrogen-bond acceptors (Lipinski definition) is 4. The number of aldehydes is 1. The normalized spacial score (nSPS) is 21.0. The van der Waals surface area contributed by atoms with Crippen molar-refractivity contribution in [3.05, 3.63) is 17.0 Å². The van der Waals surface area contributed by atoms with Gasteiger partial charge in [0, 0.05) is 5.56 Å². The standard InChI is InChI=1S/C11H15N3O2/c15-5-11-9-6-16-7-10(9)13-14(11)8-1-3-12-4-2-8/h5,8,12H,1-4,6-7H2. The van der Waals surface area contributed by atoms with Gasteiger partial charge in [-0.15, -0.1) is 0 Å². The highest BCUT2D eigenvalue weighted by molar-refractivity contribution is 5.75. The van der Waals surface area contributed by atoms with E-state index in [0.717, 1.165) is 49.2 Å². The van der Waals surface area contributed by atoms with Crippen molar-refractivity contribution >= 4 is 6.29 Å². The third-order valence-corrected chi connectivity index (χ3v) is 3.38. The van der Waals surface area contributed by atoms with Gasteiger partial charge in [-0.3, -0.25) is 9.48 Å². The average molecular weight is 221 g/mol. The van der Waals surface area contributed by atoms with Gasteiger partial charge in [0.1, 0.15) is 5.69 Å². The van der Waals surface area contributed by atoms with E-state index in [9.17, 15) is 4.79 Å². The third kappa shape index (κ3) is 1.47. The Bertz CT molecular complexity index is 408. The highest BCUT2D eigenvalue weighted by atomic mass is 16.5. The number of rotatable bonds is 2. The molecule has 1 fully saturated rings. The van der Waals surface area contributed by atoms with Crippen LogP contribution in [0.25, 0.3) is 0 Å². The van der Waals surface area contributed by atoms with E-state index in [4.69, 9.17) is 4.74 Å². The maximum Gasteiger partial charge on any atom is 0.168 e. The van der Waals surface area contributed by atoms with Crippen LogP contribution in [0, 0.1) is 0 Å². The van der Waals surface area contributed by atoms with Crippen LogP contribution >= 0.6 is 0 Å². The van der Waals surface area contributed by atoms with Gasteiger partial charge in [-0.05, 0) is 25.9 Å². The first-order valence-electron chi connectivity index (χ1n) is 5.74. The zero-order valence-corrected chi connectivity index (χ0v) is 9.11. The van der Waals surface area contributed by atoms with Gasteiger partial charge in [0.05, 0.1) is 24.9 Å². The monoisotopic (exact) mass is 221 g/mol. The molecule has 0 bridgehead atoms. The van der Waals surface area contributed by atoms with E-state index in [-0.39, 0.29) is 0 Å². The van der Waals surface area contributed by atoms with E-state index in [2.05, 4.69) is 10.4 Å². The summed E-state index contributed by atoms with van der Waals surface area (Å²) >= 11 is 0. The molecule has 0 unspecified atom stereocenters. The fraction of sp³-hybridized carbons (Fsp3) is 0.636. The lowest BCUT2D eigenvalue weighted by Crippen LogP contribution is -2.30. The number of aromatic nitrogens is 2. The van der Waals surface area contributed by atoms with Crippen molar-refractivity contribution in [3.8, 4) is 0 Å². The van der Waals surface area contributed by atoms with Crippen LogP contribution in [0.5, 0.6) is 0 Å². The summed E-state index contributed by atoms with van der Waals surface area (Å²) in [7, 11) is 0. The van der Waals surface area contributed by atoms with Crippen molar-refractivity contribution in [1.29, 1.82) is 0 Å². The van der Waals surface area contributed by atoms with Gasteiger partial charge in [0.2, 0.25) is 0 Å². The summed E-state index contributed by atoms with van der Waals surface area (Å²) in [6.07, 6.45) is 3.01. The summed E-state index contributed by atoms with van der Waals surface area (Å²) < 4.78 is 7.21. The van der Waals surface area contributed by atoms with Crippen LogP contribution < -0.4 is 5.32 Å². The summed E-state index contributed by atoms with van der Waals surface area (Å²) in [6.45, 7) is 3.09. The summed E-state index contributed by atoms with van der Waals surface area (Å²) in [5, 5.41) is 7.84. The highest BCUT2D eigenvalue weighted by Gasteiger charge is 2.26. The SMILES string of the molecule is O=Cc1c2c(nn1C1CCNCC1)COC2. The Morgan fingerprint density at radius 2 is 2.19 bits per heavy atom. The number of nitrogens with one attached hydrogen (secondary N) is 1. The molecule has 0 aliphatic carbocycles. The van der Waals surface area contributed by atoms with Gasteiger partial charge in [-0.2, -0.15) is 5.10 Å². The molecule has 1 aromatic heterocycles. The number of carbonyl (C=O) groups excluding carboxylic acids is 1. The van der Waals surface area contributed by atoms with E-state index in [1.165, 1.54) is 0 Å². The van der Waals surface area contributed by atoms with Gasteiger partial charge in [-0.25, -0.2) is 0 Å². The number of hydrogen-bond donors (Lipinski definition) is 1. The molecular weight excluding hydrogens is 206 g/mol. The van der Waals surface area contributed by atoms with Gasteiger partial charge < -0.3 is 10.1 Å². The predicted molar refractivity (Wildman–Crippen MR) is 57.2 cm³/mol. The topological polar surface area (TPSA) is 56.2 Å². The molecule has 2 aliphatic heterocycles. The molecule has 1 saturated heterocycles. The Hall–Kier alpha value is -1.20. The van der Waals surface area contributed by atoms with Crippen LogP contribution in [0.1, 0.15) is 40.6 Å². The minimum atomic E-state index is 0.368. The lowest BCUT2D eigenvalue weighted by atomic mass is 10.1. The molecule has 1 N–H and O–H groups in total. The maximum absolute atomic E-state index is 11.2. The molecule has 0 radical (unpaired) electrons. The van der Waals surface area contributed by atoms with Gasteiger partial charge in [0.25, 0.3) is 0 Å². The molecule has 0 saturated carbocycles. The summed E-state index contributed by atoms with van der Waals surface area (Å²) in [4.78, 5) is 11.2. The number of piperidine rings is 1. The Balaban J connectivity index is 1.96. The average Bonchev–Trinajstić information content (AvgIpc) is 2.89. The van der Waals surface area contributed by atoms with E-state index in [1.807, 2.05) is 4.68 Å². The number of nitrogens with zero attached hydrogens (tertiary/aromatic N) is 2. The Morgan fingerprint density at radius 3 is 2.94 bits per heavy atom. The molecule has 3 rings (SSSR count).